The van der Waals surface area contributed by atoms with E-state index in [0.29, 0.717) is 65.6 Å². The van der Waals surface area contributed by atoms with Crippen molar-refractivity contribution in [3.63, 3.8) is 0 Å². The van der Waals surface area contributed by atoms with Gasteiger partial charge < -0.3 is 117 Å². The zero-order chi connectivity index (χ0) is 109. The maximum Gasteiger partial charge on any atom is 0.411 e. The first-order valence-corrected chi connectivity index (χ1v) is 51.2. The minimum atomic E-state index is -1.37. The maximum absolute atomic E-state index is 14.4. The normalized spacial score (nSPS) is 20.6. The number of aliphatic hydroxyl groups is 2. The van der Waals surface area contributed by atoms with Crippen molar-refractivity contribution in [2.45, 2.75) is 359 Å². The number of Topliss-reactive ketones (excluding diaryl/α,β-unsaturated/α-hetero) is 1. The van der Waals surface area contributed by atoms with Crippen LogP contribution < -0.4 is 82.0 Å². The van der Waals surface area contributed by atoms with E-state index in [9.17, 15) is 77.6 Å². The Hall–Kier alpha value is -12.9. The first-order valence-electron chi connectivity index (χ1n) is 51.2. The number of urea groups is 2. The van der Waals surface area contributed by atoms with E-state index >= 15 is 0 Å². The average molecular weight is 2060 g/mol. The second-order valence-corrected chi connectivity index (χ2v) is 46.3. The molecule has 0 spiro atoms. The van der Waals surface area contributed by atoms with Gasteiger partial charge in [0, 0.05) is 89.3 Å². The van der Waals surface area contributed by atoms with E-state index in [1.807, 2.05) is 123 Å². The number of nitrogens with two attached hydrogens (primary N) is 1. The Bertz CT molecular complexity index is 5700. The summed E-state index contributed by atoms with van der Waals surface area (Å²) in [5, 5.41) is 68.7. The van der Waals surface area contributed by atoms with Gasteiger partial charge in [0.25, 0.3) is 17.7 Å². The van der Waals surface area contributed by atoms with Crippen molar-refractivity contribution in [2.75, 3.05) is 41.0 Å². The number of rotatable bonds is 33. The number of carbonyl (C=O) groups is 13. The molecule has 3 aliphatic heterocycles. The van der Waals surface area contributed by atoms with Crippen molar-refractivity contribution in [3.8, 4) is 34.9 Å². The Kier molecular flexibility index (Phi) is 38.2. The van der Waals surface area contributed by atoms with Crippen molar-refractivity contribution < 1.29 is 121 Å². The predicted octanol–water partition coefficient (Wildman–Crippen LogP) is 10.6. The van der Waals surface area contributed by atoms with Gasteiger partial charge in [0.2, 0.25) is 41.1 Å². The predicted molar refractivity (Wildman–Crippen MR) is 550 cm³/mol. The molecule has 0 bridgehead atoms. The number of fused-ring (bicyclic) bond motifs is 3. The largest absolute Gasteiger partial charge is 0.497 e. The van der Waals surface area contributed by atoms with Gasteiger partial charge in [0.05, 0.1) is 53.0 Å². The fourth-order valence-corrected chi connectivity index (χ4v) is 17.0. The summed E-state index contributed by atoms with van der Waals surface area (Å²) in [6, 6.07) is 14.5. The molecule has 6 saturated carbocycles. The molecule has 15 rings (SSSR count). The summed E-state index contributed by atoms with van der Waals surface area (Å²) in [5.41, 5.74) is 2.08. The standard InChI is InChI=1S/C36H50N6O7.C30H40N4O7.C20H24N2O6.C11H22N2O3.C10H18N2O2/c1-35(2,3)29(40-34(47)41-36(4,5)6)33(46)42-19-24(49-32-25-13-12-23(48-7)17-21(25)14-15-37-32)18-27(42)30(44)39-26(16-20-8-9-20)28(43)31(45)38-22-10-11-22;1-30(2,3)41-29(38)34-16-21(40-28-22-10-9-20(39-4)14-18(22)11-12-31-28)15-24(34)26(36)33-23(13-17-5-6-17)25(35)27(37)32-19-7-8-19;1-20(2,3)28-19(25)22-11-14(10-16(22)18(23)24)27-17-15-6-5-13(26-4)9-12(15)7-8-21-17;1-10(2,3)7(8(14)15)12-9(16)13-11(4,5)6;11-8(5-6-1-2-6)9(13)10(14)12-7-3-4-7/h12-15,17,20,22,24,26-27,29H,8-11,16,18-19H2,1-7H3,(H,38,45)(H,39,44)(H2,40,41,47);9-12,14,17,19,21,23-25,35H,5-8,13,15-16H2,1-4H3,(H,32,37)(H,33,36);5-9,14,16H,10-11H2,1-4H3,(H,23,24);7H,1-6H3,(H,14,15)(H2,12,13,16);6-9,13H,1-5,11H2,(H,12,14)/t24?,26-,27-,29+;21?,23-,24-,25?;14?,16-;7-;8-,9?/m00010/s1. The third kappa shape index (κ3) is 35.4. The molecule has 41 heteroatoms. The highest BCUT2D eigenvalue weighted by molar-refractivity contribution is 6.38. The SMILES string of the molecule is CC(C)(C)NC(=O)N[C@H](C(=O)O)C(C)(C)C.COc1ccc2c(OC3C[C@@H](C(=O)N[C@@H](CC4CC4)C(=O)C(=O)NC4CC4)N(C(=O)[C@@H](NC(=O)NC(C)(C)C)C(C)(C)C)C3)nccc2c1.COc1ccc2c(OC3C[C@@H](C(=O)N[C@@H](CC4CC4)C(O)C(=O)NC4CC4)N(C(=O)OC(C)(C)C)C3)nccc2c1.COc1ccc2c(OC3C[C@@H](C(=O)O)N(C(=O)OC(C)(C)C)C3)nccc2c1.N[C@@H](CC1CC1)C(O)C(=O)NC1CC1. The molecule has 3 aromatic heterocycles. The topological polar surface area (TPSA) is 559 Å². The quantitative estimate of drug-likeness (QED) is 0.0170. The first kappa shape index (κ1) is 115. The van der Waals surface area contributed by atoms with E-state index in [-0.39, 0.29) is 74.4 Å². The molecule has 9 fully saturated rings. The van der Waals surface area contributed by atoms with Gasteiger partial charge in [-0.1, -0.05) is 80.1 Å². The minimum Gasteiger partial charge on any atom is -0.497 e. The molecule has 12 amide bonds. The number of nitrogens with zero attached hydrogens (tertiary/aromatic N) is 6. The van der Waals surface area contributed by atoms with Gasteiger partial charge in [0.15, 0.2) is 6.10 Å². The number of ketones is 1. The van der Waals surface area contributed by atoms with E-state index in [4.69, 9.17) is 48.7 Å². The number of hydrogen-bond acceptors (Lipinski definition) is 27. The number of aliphatic carboxylic acids is 2. The first-order chi connectivity index (χ1) is 69.3. The third-order valence-electron chi connectivity index (χ3n) is 25.7. The van der Waals surface area contributed by atoms with Crippen LogP contribution in [0.4, 0.5) is 19.2 Å². The highest BCUT2D eigenvalue weighted by Gasteiger charge is 2.51. The summed E-state index contributed by atoms with van der Waals surface area (Å²) < 4.78 is 45.5. The molecule has 9 aliphatic rings. The number of pyridine rings is 3. The Labute approximate surface area is 864 Å². The van der Waals surface area contributed by atoms with Gasteiger partial charge >= 0.3 is 36.2 Å². The number of carboxylic acid groups (broad SMARTS) is 2. The number of amides is 12. The zero-order valence-corrected chi connectivity index (χ0v) is 89.1. The number of methoxy groups -OCH3 is 3. The van der Waals surface area contributed by atoms with Crippen LogP contribution in [0.5, 0.6) is 34.9 Å². The molecule has 148 heavy (non-hydrogen) atoms. The van der Waals surface area contributed by atoms with Crippen molar-refractivity contribution in [2.24, 2.45) is 34.3 Å². The number of nitrogens with one attached hydrogen (secondary N) is 9. The Balaban J connectivity index is 0.000000188. The summed E-state index contributed by atoms with van der Waals surface area (Å²) in [6.07, 6.45) is 13.3. The monoisotopic (exact) mass is 2060 g/mol. The number of ether oxygens (including phenoxy) is 8. The second kappa shape index (κ2) is 49.0. The molecule has 812 valence electrons. The van der Waals surface area contributed by atoms with Crippen LogP contribution in [-0.2, 0) is 52.6 Å². The number of aromatic nitrogens is 3. The van der Waals surface area contributed by atoms with Gasteiger partial charge in [-0.3, -0.25) is 43.4 Å². The van der Waals surface area contributed by atoms with Crippen LogP contribution in [0.25, 0.3) is 32.3 Å². The lowest BCUT2D eigenvalue weighted by Crippen LogP contribution is -2.61. The van der Waals surface area contributed by atoms with Crippen LogP contribution in [0.1, 0.15) is 240 Å². The molecule has 6 aromatic rings. The van der Waals surface area contributed by atoms with E-state index in [1.165, 1.54) is 27.5 Å². The Morgan fingerprint density at radius 3 is 1.14 bits per heavy atom. The van der Waals surface area contributed by atoms with Gasteiger partial charge in [-0.15, -0.1) is 0 Å². The molecule has 3 aromatic carbocycles. The maximum atomic E-state index is 14.4. The van der Waals surface area contributed by atoms with Crippen LogP contribution >= 0.6 is 0 Å². The molecular formula is C107H154N16O25. The summed E-state index contributed by atoms with van der Waals surface area (Å²) in [4.78, 5) is 182. The molecular weight excluding hydrogens is 1910 g/mol. The molecule has 0 radical (unpaired) electrons. The van der Waals surface area contributed by atoms with Gasteiger partial charge in [-0.05, 0) is 258 Å². The van der Waals surface area contributed by atoms with Crippen molar-refractivity contribution in [1.29, 1.82) is 0 Å². The zero-order valence-electron chi connectivity index (χ0n) is 89.1. The fourth-order valence-electron chi connectivity index (χ4n) is 17.0. The van der Waals surface area contributed by atoms with Crippen LogP contribution in [-0.4, -0.2) is 288 Å². The number of carbonyl (C=O) groups excluding carboxylic acids is 11. The van der Waals surface area contributed by atoms with Gasteiger partial charge in [-0.2, -0.15) is 0 Å². The van der Waals surface area contributed by atoms with Crippen LogP contribution in [0.2, 0.25) is 0 Å². The fraction of sp³-hybridized carbons (Fsp3) is 0.626. The number of likely N-dealkylation sites (tertiary alicyclic amines) is 3. The van der Waals surface area contributed by atoms with E-state index < -0.39 is 172 Å². The van der Waals surface area contributed by atoms with Crippen molar-refractivity contribution in [3.05, 3.63) is 91.4 Å². The third-order valence-corrected chi connectivity index (χ3v) is 25.7. The molecule has 15 N–H and O–H groups in total. The number of benzene rings is 3. The van der Waals surface area contributed by atoms with Crippen molar-refractivity contribution in [1.82, 2.24) is 77.5 Å². The average Bonchev–Trinajstić information content (AvgIpc) is 1.54. The van der Waals surface area contributed by atoms with Crippen LogP contribution in [0.15, 0.2) is 91.4 Å². The van der Waals surface area contributed by atoms with Gasteiger partial charge in [-0.25, -0.2) is 43.7 Å². The summed E-state index contributed by atoms with van der Waals surface area (Å²) in [7, 11) is 4.78. The highest BCUT2D eigenvalue weighted by atomic mass is 16.6. The smallest absolute Gasteiger partial charge is 0.411 e. The Morgan fingerprint density at radius 1 is 0.419 bits per heavy atom. The van der Waals surface area contributed by atoms with Crippen LogP contribution in [0, 0.1) is 28.6 Å². The Morgan fingerprint density at radius 2 is 0.770 bits per heavy atom. The molecule has 13 atom stereocenters. The molecule has 6 aliphatic carbocycles. The molecule has 6 heterocycles. The highest BCUT2D eigenvalue weighted by Crippen LogP contribution is 2.41. The van der Waals surface area contributed by atoms with E-state index in [0.717, 1.165) is 103 Å². The summed E-state index contributed by atoms with van der Waals surface area (Å²) in [5.74, 6) is -1.29. The minimum absolute atomic E-state index is 0.00402. The van der Waals surface area contributed by atoms with E-state index in [2.05, 4.69) is 62.8 Å². The number of carboxylic acids is 2. The lowest BCUT2D eigenvalue weighted by atomic mass is 9.85. The van der Waals surface area contributed by atoms with Crippen LogP contribution in [0.3, 0.4) is 0 Å². The molecule has 3 saturated heterocycles. The number of hydrogen-bond donors (Lipinski definition) is 14. The molecule has 41 nitrogen and oxygen atoms in total. The van der Waals surface area contributed by atoms with E-state index in [1.54, 1.807) is 114 Å². The lowest BCUT2D eigenvalue weighted by Gasteiger charge is -2.36. The number of aliphatic hydroxyl groups excluding tert-OH is 2. The lowest BCUT2D eigenvalue weighted by molar-refractivity contribution is -0.144. The summed E-state index contributed by atoms with van der Waals surface area (Å²) in [6.45, 7) is 32.6. The second-order valence-electron chi connectivity index (χ2n) is 46.3. The van der Waals surface area contributed by atoms with Gasteiger partial charge in [0.1, 0.15) is 83.1 Å². The van der Waals surface area contributed by atoms with Crippen molar-refractivity contribution >= 4 is 110 Å². The summed E-state index contributed by atoms with van der Waals surface area (Å²) >= 11 is 0. The molecule has 5 unspecified atom stereocenters.